The van der Waals surface area contributed by atoms with Gasteiger partial charge >= 0.3 is 0 Å². The van der Waals surface area contributed by atoms with E-state index in [4.69, 9.17) is 11.6 Å². The van der Waals surface area contributed by atoms with Crippen molar-refractivity contribution in [3.8, 4) is 0 Å². The van der Waals surface area contributed by atoms with E-state index in [0.29, 0.717) is 24.5 Å². The highest BCUT2D eigenvalue weighted by atomic mass is 35.5. The van der Waals surface area contributed by atoms with Crippen LogP contribution in [0.5, 0.6) is 0 Å². The van der Waals surface area contributed by atoms with Gasteiger partial charge < -0.3 is 9.80 Å². The molecule has 0 unspecified atom stereocenters. The highest BCUT2D eigenvalue weighted by Crippen LogP contribution is 2.17. The fourth-order valence-electron chi connectivity index (χ4n) is 2.71. The summed E-state index contributed by atoms with van der Waals surface area (Å²) in [5.74, 6) is 0.108. The largest absolute Gasteiger partial charge is 0.343 e. The number of hydrogen-bond donors (Lipinski definition) is 0. The van der Waals surface area contributed by atoms with Crippen molar-refractivity contribution in [3.63, 3.8) is 0 Å². The van der Waals surface area contributed by atoms with Gasteiger partial charge in [-0.15, -0.1) is 0 Å². The van der Waals surface area contributed by atoms with Gasteiger partial charge in [0.1, 0.15) is 0 Å². The first-order valence-electron chi connectivity index (χ1n) is 7.84. The van der Waals surface area contributed by atoms with Crippen molar-refractivity contribution in [2.24, 2.45) is 0 Å². The SMILES string of the molecule is CC(=O)N(CCC(=O)N1CCCCC1)Cc1ccccc1Cl. The molecule has 120 valence electrons. The van der Waals surface area contributed by atoms with Gasteiger partial charge in [-0.2, -0.15) is 0 Å². The van der Waals surface area contributed by atoms with Crippen molar-refractivity contribution in [2.45, 2.75) is 39.2 Å². The summed E-state index contributed by atoms with van der Waals surface area (Å²) in [7, 11) is 0. The Bertz CT molecular complexity index is 527. The van der Waals surface area contributed by atoms with Crippen LogP contribution in [-0.4, -0.2) is 41.2 Å². The molecule has 22 heavy (non-hydrogen) atoms. The van der Waals surface area contributed by atoms with E-state index < -0.39 is 0 Å². The van der Waals surface area contributed by atoms with E-state index in [1.807, 2.05) is 29.2 Å². The van der Waals surface area contributed by atoms with E-state index in [2.05, 4.69) is 0 Å². The fraction of sp³-hybridized carbons (Fsp3) is 0.529. The molecule has 0 aromatic heterocycles. The number of carbonyl (C=O) groups excluding carboxylic acids is 2. The lowest BCUT2D eigenvalue weighted by Gasteiger charge is -2.28. The van der Waals surface area contributed by atoms with E-state index in [0.717, 1.165) is 31.5 Å². The minimum Gasteiger partial charge on any atom is -0.343 e. The van der Waals surface area contributed by atoms with Gasteiger partial charge in [0, 0.05) is 44.5 Å². The first-order valence-corrected chi connectivity index (χ1v) is 8.22. The van der Waals surface area contributed by atoms with Crippen LogP contribution in [0.15, 0.2) is 24.3 Å². The second kappa shape index (κ2) is 8.18. The van der Waals surface area contributed by atoms with Crippen LogP contribution in [0, 0.1) is 0 Å². The molecule has 0 N–H and O–H groups in total. The molecular weight excluding hydrogens is 300 g/mol. The Kier molecular flexibility index (Phi) is 6.25. The topological polar surface area (TPSA) is 40.6 Å². The van der Waals surface area contributed by atoms with Crippen molar-refractivity contribution >= 4 is 23.4 Å². The smallest absolute Gasteiger partial charge is 0.224 e. The van der Waals surface area contributed by atoms with E-state index in [1.165, 1.54) is 13.3 Å². The van der Waals surface area contributed by atoms with Gasteiger partial charge in [0.2, 0.25) is 11.8 Å². The number of carbonyl (C=O) groups is 2. The lowest BCUT2D eigenvalue weighted by molar-refractivity contribution is -0.134. The average Bonchev–Trinajstić information content (AvgIpc) is 2.53. The molecule has 1 heterocycles. The van der Waals surface area contributed by atoms with Crippen molar-refractivity contribution in [2.75, 3.05) is 19.6 Å². The number of amides is 2. The molecule has 1 aromatic rings. The molecule has 2 amide bonds. The molecule has 4 nitrogen and oxygen atoms in total. The third kappa shape index (κ3) is 4.73. The molecule has 1 aromatic carbocycles. The highest BCUT2D eigenvalue weighted by Gasteiger charge is 2.18. The molecule has 2 rings (SSSR count). The van der Waals surface area contributed by atoms with E-state index >= 15 is 0 Å². The molecule has 1 aliphatic rings. The maximum atomic E-state index is 12.2. The Morgan fingerprint density at radius 3 is 2.50 bits per heavy atom. The Morgan fingerprint density at radius 1 is 1.18 bits per heavy atom. The lowest BCUT2D eigenvalue weighted by Crippen LogP contribution is -2.38. The van der Waals surface area contributed by atoms with Gasteiger partial charge in [-0.05, 0) is 30.9 Å². The van der Waals surface area contributed by atoms with Crippen molar-refractivity contribution in [1.29, 1.82) is 0 Å². The van der Waals surface area contributed by atoms with Gasteiger partial charge in [0.15, 0.2) is 0 Å². The standard InChI is InChI=1S/C17H23ClN2O2/c1-14(21)20(13-15-7-3-4-8-16(15)18)12-9-17(22)19-10-5-2-6-11-19/h3-4,7-8H,2,5-6,9-13H2,1H3. The first kappa shape index (κ1) is 16.8. The van der Waals surface area contributed by atoms with Gasteiger partial charge in [-0.1, -0.05) is 29.8 Å². The first-order chi connectivity index (χ1) is 10.6. The molecule has 5 heteroatoms. The third-order valence-electron chi connectivity index (χ3n) is 4.07. The van der Waals surface area contributed by atoms with Crippen LogP contribution in [0.3, 0.4) is 0 Å². The predicted octanol–water partition coefficient (Wildman–Crippen LogP) is 3.09. The fourth-order valence-corrected chi connectivity index (χ4v) is 2.91. The number of piperidine rings is 1. The zero-order chi connectivity index (χ0) is 15.9. The summed E-state index contributed by atoms with van der Waals surface area (Å²) in [6, 6.07) is 7.49. The highest BCUT2D eigenvalue weighted by molar-refractivity contribution is 6.31. The third-order valence-corrected chi connectivity index (χ3v) is 4.44. The predicted molar refractivity (Wildman–Crippen MR) is 87.6 cm³/mol. The van der Waals surface area contributed by atoms with Gasteiger partial charge in [0.25, 0.3) is 0 Å². The second-order valence-corrected chi connectivity index (χ2v) is 6.13. The van der Waals surface area contributed by atoms with Crippen LogP contribution in [0.1, 0.15) is 38.2 Å². The normalized spacial score (nSPS) is 14.7. The quantitative estimate of drug-likeness (QED) is 0.836. The van der Waals surface area contributed by atoms with Crippen LogP contribution in [0.2, 0.25) is 5.02 Å². The number of rotatable bonds is 5. The summed E-state index contributed by atoms with van der Waals surface area (Å²) in [5, 5.41) is 0.649. The molecule has 1 saturated heterocycles. The van der Waals surface area contributed by atoms with Crippen molar-refractivity contribution in [3.05, 3.63) is 34.9 Å². The number of nitrogens with zero attached hydrogens (tertiary/aromatic N) is 2. The number of benzene rings is 1. The Labute approximate surface area is 137 Å². The van der Waals surface area contributed by atoms with Crippen LogP contribution < -0.4 is 0 Å². The van der Waals surface area contributed by atoms with E-state index in [-0.39, 0.29) is 11.8 Å². The summed E-state index contributed by atoms with van der Waals surface area (Å²) < 4.78 is 0. The number of halogens is 1. The van der Waals surface area contributed by atoms with Crippen LogP contribution in [0.25, 0.3) is 0 Å². The Hall–Kier alpha value is -1.55. The average molecular weight is 323 g/mol. The molecule has 0 bridgehead atoms. The zero-order valence-electron chi connectivity index (χ0n) is 13.1. The molecule has 1 fully saturated rings. The van der Waals surface area contributed by atoms with Gasteiger partial charge in [0.05, 0.1) is 0 Å². The molecular formula is C17H23ClN2O2. The minimum absolute atomic E-state index is 0.0358. The van der Waals surface area contributed by atoms with Crippen LogP contribution in [-0.2, 0) is 16.1 Å². The van der Waals surface area contributed by atoms with Gasteiger partial charge in [-0.25, -0.2) is 0 Å². The monoisotopic (exact) mass is 322 g/mol. The second-order valence-electron chi connectivity index (χ2n) is 5.72. The summed E-state index contributed by atoms with van der Waals surface area (Å²) in [5.41, 5.74) is 0.907. The lowest BCUT2D eigenvalue weighted by atomic mass is 10.1. The van der Waals surface area contributed by atoms with E-state index in [9.17, 15) is 9.59 Å². The zero-order valence-corrected chi connectivity index (χ0v) is 13.8. The Morgan fingerprint density at radius 2 is 1.86 bits per heavy atom. The molecule has 0 aliphatic carbocycles. The molecule has 0 radical (unpaired) electrons. The maximum Gasteiger partial charge on any atom is 0.224 e. The van der Waals surface area contributed by atoms with Crippen molar-refractivity contribution < 1.29 is 9.59 Å². The summed E-state index contributed by atoms with van der Waals surface area (Å²) in [6.45, 7) is 4.12. The van der Waals surface area contributed by atoms with Crippen LogP contribution in [0.4, 0.5) is 0 Å². The molecule has 0 spiro atoms. The molecule has 1 aliphatic heterocycles. The van der Waals surface area contributed by atoms with Crippen LogP contribution >= 0.6 is 11.6 Å². The summed E-state index contributed by atoms with van der Waals surface area (Å²) in [4.78, 5) is 27.6. The number of hydrogen-bond acceptors (Lipinski definition) is 2. The summed E-state index contributed by atoms with van der Waals surface area (Å²) in [6.07, 6.45) is 3.75. The van der Waals surface area contributed by atoms with Crippen molar-refractivity contribution in [1.82, 2.24) is 9.80 Å². The molecule has 0 saturated carbocycles. The van der Waals surface area contributed by atoms with E-state index in [1.54, 1.807) is 4.90 Å². The maximum absolute atomic E-state index is 12.2. The summed E-state index contributed by atoms with van der Waals surface area (Å²) >= 11 is 6.14. The minimum atomic E-state index is -0.0358. The van der Waals surface area contributed by atoms with Gasteiger partial charge in [-0.3, -0.25) is 9.59 Å². The Balaban J connectivity index is 1.90. The molecule has 0 atom stereocenters. The number of likely N-dealkylation sites (tertiary alicyclic amines) is 1.